The summed E-state index contributed by atoms with van der Waals surface area (Å²) in [5, 5.41) is 0. The first-order valence-electron chi connectivity index (χ1n) is 10.4. The molecule has 0 saturated heterocycles. The zero-order chi connectivity index (χ0) is 20.7. The lowest BCUT2D eigenvalue weighted by Gasteiger charge is -2.11. The average molecular weight is 418 g/mol. The second-order valence-corrected chi connectivity index (χ2v) is 6.76. The van der Waals surface area contributed by atoms with E-state index in [9.17, 15) is 0 Å². The van der Waals surface area contributed by atoms with Gasteiger partial charge < -0.3 is 28.4 Å². The number of aromatic nitrogens is 1. The average Bonchev–Trinajstić information content (AvgIpc) is 2.78. The summed E-state index contributed by atoms with van der Waals surface area (Å²) < 4.78 is 33.5. The summed E-state index contributed by atoms with van der Waals surface area (Å²) in [6, 6.07) is 14.4. The first-order valence-corrected chi connectivity index (χ1v) is 10.4. The van der Waals surface area contributed by atoms with Crippen molar-refractivity contribution in [3.8, 4) is 11.1 Å². The van der Waals surface area contributed by atoms with Crippen molar-refractivity contribution in [3.63, 3.8) is 0 Å². The topological polar surface area (TPSA) is 68.3 Å². The van der Waals surface area contributed by atoms with E-state index in [1.807, 2.05) is 18.2 Å². The highest BCUT2D eigenvalue weighted by atomic mass is 16.6. The Balaban J connectivity index is 1.60. The summed E-state index contributed by atoms with van der Waals surface area (Å²) in [7, 11) is 0. The molecule has 164 valence electrons. The minimum atomic E-state index is 0.425. The van der Waals surface area contributed by atoms with Gasteiger partial charge in [-0.25, -0.2) is 0 Å². The van der Waals surface area contributed by atoms with Crippen molar-refractivity contribution in [3.05, 3.63) is 53.9 Å². The van der Waals surface area contributed by atoms with Gasteiger partial charge in [-0.2, -0.15) is 0 Å². The molecular formula is C23H31NO6. The Morgan fingerprint density at radius 3 is 1.30 bits per heavy atom. The molecule has 7 heteroatoms. The molecule has 1 aliphatic heterocycles. The van der Waals surface area contributed by atoms with E-state index in [-0.39, 0.29) is 0 Å². The summed E-state index contributed by atoms with van der Waals surface area (Å²) in [6.45, 7) is 6.15. The summed E-state index contributed by atoms with van der Waals surface area (Å²) in [5.41, 5.74) is 3.98. The molecule has 0 spiro atoms. The van der Waals surface area contributed by atoms with Gasteiger partial charge in [0.15, 0.2) is 0 Å². The van der Waals surface area contributed by atoms with Crippen LogP contribution in [0.1, 0.15) is 11.4 Å². The van der Waals surface area contributed by atoms with Gasteiger partial charge in [0.2, 0.25) is 0 Å². The maximum Gasteiger partial charge on any atom is 0.0889 e. The lowest BCUT2D eigenvalue weighted by molar-refractivity contribution is -0.0181. The molecule has 7 nitrogen and oxygen atoms in total. The van der Waals surface area contributed by atoms with Crippen LogP contribution in [-0.4, -0.2) is 71.1 Å². The van der Waals surface area contributed by atoms with Gasteiger partial charge in [-0.05, 0) is 23.3 Å². The second kappa shape index (κ2) is 14.2. The molecule has 0 aliphatic carbocycles. The molecule has 1 aliphatic rings. The van der Waals surface area contributed by atoms with E-state index in [0.717, 1.165) is 22.5 Å². The van der Waals surface area contributed by atoms with E-state index in [2.05, 4.69) is 24.3 Å². The van der Waals surface area contributed by atoms with E-state index < -0.39 is 0 Å². The number of hydrogen-bond acceptors (Lipinski definition) is 7. The van der Waals surface area contributed by atoms with Crippen LogP contribution < -0.4 is 0 Å². The first kappa shape index (κ1) is 22.8. The van der Waals surface area contributed by atoms with E-state index in [1.54, 1.807) is 0 Å². The van der Waals surface area contributed by atoms with Crippen LogP contribution in [0.15, 0.2) is 42.5 Å². The molecule has 0 amide bonds. The minimum absolute atomic E-state index is 0.425. The van der Waals surface area contributed by atoms with E-state index in [4.69, 9.17) is 33.4 Å². The highest BCUT2D eigenvalue weighted by Gasteiger charge is 2.06. The van der Waals surface area contributed by atoms with Gasteiger partial charge in [-0.1, -0.05) is 30.3 Å². The number of nitrogens with zero attached hydrogens (tertiary/aromatic N) is 1. The normalized spacial score (nSPS) is 18.9. The van der Waals surface area contributed by atoms with E-state index in [1.165, 1.54) is 0 Å². The molecule has 0 unspecified atom stereocenters. The third kappa shape index (κ3) is 8.87. The maximum atomic E-state index is 5.75. The number of fused-ring (bicyclic) bond motifs is 2. The number of hydrogen-bond donors (Lipinski definition) is 0. The quantitative estimate of drug-likeness (QED) is 0.707. The molecule has 0 radical (unpaired) electrons. The van der Waals surface area contributed by atoms with Crippen LogP contribution in [0.4, 0.5) is 0 Å². The third-order valence-electron chi connectivity index (χ3n) is 4.40. The van der Waals surface area contributed by atoms with E-state index >= 15 is 0 Å². The van der Waals surface area contributed by atoms with E-state index in [0.29, 0.717) is 79.3 Å². The molecule has 1 aromatic heterocycles. The van der Waals surface area contributed by atoms with Gasteiger partial charge in [0.25, 0.3) is 0 Å². The number of benzene rings is 1. The van der Waals surface area contributed by atoms with Crippen LogP contribution in [0.25, 0.3) is 11.1 Å². The molecule has 0 atom stereocenters. The Morgan fingerprint density at radius 1 is 0.467 bits per heavy atom. The maximum absolute atomic E-state index is 5.75. The van der Waals surface area contributed by atoms with Gasteiger partial charge in [0.1, 0.15) is 0 Å². The fourth-order valence-electron chi connectivity index (χ4n) is 2.95. The van der Waals surface area contributed by atoms with Crippen molar-refractivity contribution in [2.75, 3.05) is 66.1 Å². The molecule has 1 aromatic carbocycles. The van der Waals surface area contributed by atoms with Gasteiger partial charge in [0.05, 0.1) is 90.7 Å². The molecule has 30 heavy (non-hydrogen) atoms. The molecular weight excluding hydrogens is 386 g/mol. The van der Waals surface area contributed by atoms with Gasteiger partial charge in [-0.15, -0.1) is 0 Å². The number of rotatable bonds is 1. The zero-order valence-corrected chi connectivity index (χ0v) is 17.4. The molecule has 0 fully saturated rings. The van der Waals surface area contributed by atoms with Crippen molar-refractivity contribution in [2.24, 2.45) is 0 Å². The van der Waals surface area contributed by atoms with Crippen molar-refractivity contribution >= 4 is 0 Å². The second-order valence-electron chi connectivity index (χ2n) is 6.76. The van der Waals surface area contributed by atoms with Crippen LogP contribution in [0.3, 0.4) is 0 Å². The lowest BCUT2D eigenvalue weighted by Crippen LogP contribution is -2.13. The highest BCUT2D eigenvalue weighted by Crippen LogP contribution is 2.21. The molecule has 3 rings (SSSR count). The van der Waals surface area contributed by atoms with Crippen LogP contribution >= 0.6 is 0 Å². The summed E-state index contributed by atoms with van der Waals surface area (Å²) in [6.07, 6.45) is 0. The van der Waals surface area contributed by atoms with Crippen LogP contribution in [0.2, 0.25) is 0 Å². The fraction of sp³-hybridized carbons (Fsp3) is 0.522. The van der Waals surface area contributed by atoms with Crippen molar-refractivity contribution in [1.29, 1.82) is 0 Å². The van der Waals surface area contributed by atoms with Crippen LogP contribution in [-0.2, 0) is 41.6 Å². The Labute approximate surface area is 178 Å². The SMILES string of the molecule is c1ccc(-c2cc3nc(c2)COCCOCCOCCOCCOCCOC3)cc1. The smallest absolute Gasteiger partial charge is 0.0889 e. The van der Waals surface area contributed by atoms with Gasteiger partial charge >= 0.3 is 0 Å². The zero-order valence-electron chi connectivity index (χ0n) is 17.4. The monoisotopic (exact) mass is 417 g/mol. The fourth-order valence-corrected chi connectivity index (χ4v) is 2.95. The van der Waals surface area contributed by atoms with Gasteiger partial charge in [0, 0.05) is 0 Å². The molecule has 0 N–H and O–H groups in total. The predicted molar refractivity (Wildman–Crippen MR) is 112 cm³/mol. The summed E-state index contributed by atoms with van der Waals surface area (Å²) >= 11 is 0. The lowest BCUT2D eigenvalue weighted by atomic mass is 10.0. The van der Waals surface area contributed by atoms with Crippen LogP contribution in [0.5, 0.6) is 0 Å². The predicted octanol–water partition coefficient (Wildman–Crippen LogP) is 2.86. The Bertz CT molecular complexity index is 674. The third-order valence-corrected chi connectivity index (χ3v) is 4.40. The van der Waals surface area contributed by atoms with Crippen molar-refractivity contribution in [1.82, 2.24) is 4.98 Å². The van der Waals surface area contributed by atoms with Crippen molar-refractivity contribution in [2.45, 2.75) is 13.2 Å². The molecule has 2 aromatic rings. The van der Waals surface area contributed by atoms with Crippen LogP contribution in [0, 0.1) is 0 Å². The largest absolute Gasteiger partial charge is 0.377 e. The summed E-state index contributed by atoms with van der Waals surface area (Å²) in [5.74, 6) is 0. The Morgan fingerprint density at radius 2 is 0.867 bits per heavy atom. The minimum Gasteiger partial charge on any atom is -0.377 e. The van der Waals surface area contributed by atoms with Crippen molar-refractivity contribution < 1.29 is 28.4 Å². The Kier molecular flexibility index (Phi) is 10.8. The number of pyridine rings is 1. The standard InChI is InChI=1S/C23H31NO6/c1-2-4-20(5-3-1)21-16-22-18-29-14-12-27-10-8-25-6-7-26-9-11-28-13-15-30-19-23(17-21)24-22/h1-5,16-17H,6-15,18-19H2. The van der Waals surface area contributed by atoms with Gasteiger partial charge in [-0.3, -0.25) is 4.98 Å². The first-order chi connectivity index (χ1) is 14.9. The molecule has 2 heterocycles. The number of ether oxygens (including phenoxy) is 6. The highest BCUT2D eigenvalue weighted by molar-refractivity contribution is 5.63. The molecule has 0 saturated carbocycles. The summed E-state index contributed by atoms with van der Waals surface area (Å²) in [4.78, 5) is 4.69. The Hall–Kier alpha value is -1.87. The molecule has 2 bridgehead atoms.